The molecule has 2 atom stereocenters. The van der Waals surface area contributed by atoms with E-state index in [1.54, 1.807) is 17.5 Å². The zero-order valence-electron chi connectivity index (χ0n) is 10.7. The van der Waals surface area contributed by atoms with Crippen LogP contribution in [0.15, 0.2) is 29.9 Å². The first kappa shape index (κ1) is 13.3. The highest BCUT2D eigenvalue weighted by Gasteiger charge is 2.13. The number of imidazole rings is 1. The molecule has 0 aliphatic heterocycles. The summed E-state index contributed by atoms with van der Waals surface area (Å²) in [5.41, 5.74) is 0. The van der Waals surface area contributed by atoms with E-state index in [0.717, 1.165) is 17.2 Å². The molecule has 0 amide bonds. The van der Waals surface area contributed by atoms with Crippen LogP contribution in [0.5, 0.6) is 0 Å². The van der Waals surface area contributed by atoms with Gasteiger partial charge in [0.15, 0.2) is 0 Å². The lowest BCUT2D eigenvalue weighted by atomic mass is 10.1. The average molecular weight is 265 g/mol. The van der Waals surface area contributed by atoms with Crippen LogP contribution in [-0.4, -0.2) is 20.7 Å². The number of aryl methyl sites for hydroxylation is 1. The number of nitrogens with one attached hydrogen (secondary N) is 1. The number of thiophene rings is 1. The zero-order chi connectivity index (χ0) is 13.0. The van der Waals surface area contributed by atoms with E-state index >= 15 is 0 Å². The van der Waals surface area contributed by atoms with Crippen molar-refractivity contribution in [2.45, 2.75) is 32.0 Å². The Hall–Kier alpha value is -1.17. The first-order chi connectivity index (χ1) is 8.66. The van der Waals surface area contributed by atoms with Crippen molar-refractivity contribution >= 4 is 11.3 Å². The molecule has 0 aliphatic rings. The third kappa shape index (κ3) is 3.41. The van der Waals surface area contributed by atoms with Crippen molar-refractivity contribution in [3.05, 3.63) is 40.6 Å². The highest BCUT2D eigenvalue weighted by Crippen LogP contribution is 2.22. The van der Waals surface area contributed by atoms with Gasteiger partial charge in [-0.2, -0.15) is 0 Å². The van der Waals surface area contributed by atoms with Crippen molar-refractivity contribution in [1.29, 1.82) is 0 Å². The number of aromatic nitrogens is 2. The van der Waals surface area contributed by atoms with Crippen LogP contribution >= 0.6 is 11.3 Å². The van der Waals surface area contributed by atoms with Gasteiger partial charge in [-0.3, -0.25) is 0 Å². The molecular weight excluding hydrogens is 246 g/mol. The van der Waals surface area contributed by atoms with E-state index in [1.807, 2.05) is 35.3 Å². The standard InChI is InChI=1S/C13H19N3OS/c1-10(8-11(17)12-4-3-7-18-12)15-9-13-14-5-6-16(13)2/h3-7,10-11,15,17H,8-9H2,1-2H3/t10-,11+/m0/s1. The summed E-state index contributed by atoms with van der Waals surface area (Å²) in [7, 11) is 1.98. The van der Waals surface area contributed by atoms with Crippen LogP contribution in [0.2, 0.25) is 0 Å². The fraction of sp³-hybridized carbons (Fsp3) is 0.462. The molecule has 0 bridgehead atoms. The second-order valence-corrected chi connectivity index (χ2v) is 5.48. The molecule has 2 heterocycles. The molecule has 5 heteroatoms. The fourth-order valence-corrected chi connectivity index (χ4v) is 2.57. The van der Waals surface area contributed by atoms with E-state index in [0.29, 0.717) is 6.42 Å². The maximum absolute atomic E-state index is 10.0. The van der Waals surface area contributed by atoms with E-state index in [-0.39, 0.29) is 12.1 Å². The van der Waals surface area contributed by atoms with E-state index in [4.69, 9.17) is 0 Å². The van der Waals surface area contributed by atoms with E-state index < -0.39 is 0 Å². The molecule has 0 radical (unpaired) electrons. The minimum absolute atomic E-state index is 0.249. The highest BCUT2D eigenvalue weighted by atomic mass is 32.1. The maximum atomic E-state index is 10.0. The molecule has 0 aromatic carbocycles. The van der Waals surface area contributed by atoms with Gasteiger partial charge in [-0.1, -0.05) is 6.07 Å². The summed E-state index contributed by atoms with van der Waals surface area (Å²) in [5, 5.41) is 15.4. The smallest absolute Gasteiger partial charge is 0.122 e. The van der Waals surface area contributed by atoms with Crippen LogP contribution in [0, 0.1) is 0 Å². The molecule has 2 aromatic rings. The Morgan fingerprint density at radius 3 is 3.00 bits per heavy atom. The van der Waals surface area contributed by atoms with Gasteiger partial charge in [0.25, 0.3) is 0 Å². The van der Waals surface area contributed by atoms with Gasteiger partial charge in [0.05, 0.1) is 12.6 Å². The minimum Gasteiger partial charge on any atom is -0.388 e. The Bertz CT molecular complexity index is 466. The van der Waals surface area contributed by atoms with Crippen LogP contribution < -0.4 is 5.32 Å². The quantitative estimate of drug-likeness (QED) is 0.841. The second-order valence-electron chi connectivity index (χ2n) is 4.50. The molecule has 0 unspecified atom stereocenters. The van der Waals surface area contributed by atoms with Gasteiger partial charge in [0.1, 0.15) is 5.82 Å². The average Bonchev–Trinajstić information content (AvgIpc) is 2.97. The van der Waals surface area contributed by atoms with Crippen LogP contribution in [0.1, 0.15) is 30.2 Å². The number of rotatable bonds is 6. The molecule has 0 saturated carbocycles. The first-order valence-electron chi connectivity index (χ1n) is 6.08. The summed E-state index contributed by atoms with van der Waals surface area (Å²) >= 11 is 1.60. The maximum Gasteiger partial charge on any atom is 0.122 e. The summed E-state index contributed by atoms with van der Waals surface area (Å²) < 4.78 is 2.00. The Balaban J connectivity index is 1.79. The zero-order valence-corrected chi connectivity index (χ0v) is 11.5. The summed E-state index contributed by atoms with van der Waals surface area (Å²) in [5.74, 6) is 1.01. The molecule has 0 saturated heterocycles. The van der Waals surface area contributed by atoms with E-state index in [1.165, 1.54) is 0 Å². The van der Waals surface area contributed by atoms with Crippen LogP contribution in [-0.2, 0) is 13.6 Å². The largest absolute Gasteiger partial charge is 0.388 e. The van der Waals surface area contributed by atoms with E-state index in [2.05, 4.69) is 17.2 Å². The molecule has 98 valence electrons. The Labute approximate surface area is 111 Å². The van der Waals surface area contributed by atoms with Gasteiger partial charge in [-0.25, -0.2) is 4.98 Å². The highest BCUT2D eigenvalue weighted by molar-refractivity contribution is 7.10. The molecule has 0 fully saturated rings. The predicted octanol–water partition coefficient (Wildman–Crippen LogP) is 2.08. The second kappa shape index (κ2) is 6.13. The Morgan fingerprint density at radius 2 is 2.39 bits per heavy atom. The molecule has 0 spiro atoms. The van der Waals surface area contributed by atoms with Gasteiger partial charge in [-0.05, 0) is 24.8 Å². The van der Waals surface area contributed by atoms with Gasteiger partial charge in [0.2, 0.25) is 0 Å². The van der Waals surface area contributed by atoms with Crippen molar-refractivity contribution in [1.82, 2.24) is 14.9 Å². The Morgan fingerprint density at radius 1 is 1.56 bits per heavy atom. The van der Waals surface area contributed by atoms with Gasteiger partial charge < -0.3 is 15.0 Å². The summed E-state index contributed by atoms with van der Waals surface area (Å²) in [6.07, 6.45) is 4.06. The third-order valence-electron chi connectivity index (χ3n) is 2.98. The fourth-order valence-electron chi connectivity index (χ4n) is 1.85. The molecule has 2 N–H and O–H groups in total. The van der Waals surface area contributed by atoms with Crippen molar-refractivity contribution in [3.63, 3.8) is 0 Å². The Kier molecular flexibility index (Phi) is 4.52. The topological polar surface area (TPSA) is 50.1 Å². The van der Waals surface area contributed by atoms with Crippen molar-refractivity contribution in [2.75, 3.05) is 0 Å². The SMILES string of the molecule is C[C@@H](C[C@@H](O)c1cccs1)NCc1nccn1C. The number of aliphatic hydroxyl groups is 1. The van der Waals surface area contributed by atoms with Crippen molar-refractivity contribution in [3.8, 4) is 0 Å². The normalized spacial score (nSPS) is 14.6. The first-order valence-corrected chi connectivity index (χ1v) is 6.96. The number of aliphatic hydroxyl groups excluding tert-OH is 1. The van der Waals surface area contributed by atoms with Crippen molar-refractivity contribution < 1.29 is 5.11 Å². The summed E-state index contributed by atoms with van der Waals surface area (Å²) in [6, 6.07) is 4.19. The number of nitrogens with zero attached hydrogens (tertiary/aromatic N) is 2. The number of hydrogen-bond donors (Lipinski definition) is 2. The molecule has 4 nitrogen and oxygen atoms in total. The monoisotopic (exact) mass is 265 g/mol. The molecule has 0 aliphatic carbocycles. The number of hydrogen-bond acceptors (Lipinski definition) is 4. The van der Waals surface area contributed by atoms with Crippen LogP contribution in [0.3, 0.4) is 0 Å². The molecular formula is C13H19N3OS. The predicted molar refractivity (Wildman–Crippen MR) is 73.4 cm³/mol. The minimum atomic E-state index is -0.381. The molecule has 2 aromatic heterocycles. The lowest BCUT2D eigenvalue weighted by Gasteiger charge is -2.17. The molecule has 18 heavy (non-hydrogen) atoms. The van der Waals surface area contributed by atoms with Gasteiger partial charge in [-0.15, -0.1) is 11.3 Å². The molecule has 2 rings (SSSR count). The van der Waals surface area contributed by atoms with Gasteiger partial charge >= 0.3 is 0 Å². The summed E-state index contributed by atoms with van der Waals surface area (Å²) in [6.45, 7) is 2.81. The van der Waals surface area contributed by atoms with Crippen molar-refractivity contribution in [2.24, 2.45) is 7.05 Å². The summed E-state index contributed by atoms with van der Waals surface area (Å²) in [4.78, 5) is 5.29. The van der Waals surface area contributed by atoms with Gasteiger partial charge in [0, 0.05) is 30.4 Å². The lowest BCUT2D eigenvalue weighted by molar-refractivity contribution is 0.157. The lowest BCUT2D eigenvalue weighted by Crippen LogP contribution is -2.28. The van der Waals surface area contributed by atoms with E-state index in [9.17, 15) is 5.11 Å². The van der Waals surface area contributed by atoms with Crippen LogP contribution in [0.4, 0.5) is 0 Å². The third-order valence-corrected chi connectivity index (χ3v) is 3.95. The van der Waals surface area contributed by atoms with Crippen LogP contribution in [0.25, 0.3) is 0 Å².